The van der Waals surface area contributed by atoms with E-state index in [1.54, 1.807) is 12.4 Å². The van der Waals surface area contributed by atoms with Gasteiger partial charge in [-0.1, -0.05) is 24.3 Å². The van der Waals surface area contributed by atoms with Crippen LogP contribution in [-0.4, -0.2) is 27.5 Å². The third-order valence-corrected chi connectivity index (χ3v) is 4.60. The third kappa shape index (κ3) is 4.84. The molecule has 2 aromatic heterocycles. The van der Waals surface area contributed by atoms with Crippen LogP contribution >= 0.6 is 11.8 Å². The number of amides is 2. The summed E-state index contributed by atoms with van der Waals surface area (Å²) in [6, 6.07) is 11.6. The fraction of sp³-hybridized carbons (Fsp3) is 0.167. The number of aromatic nitrogens is 2. The molecule has 0 aliphatic heterocycles. The molecule has 3 N–H and O–H groups in total. The molecule has 6 nitrogen and oxygen atoms in total. The van der Waals surface area contributed by atoms with E-state index >= 15 is 0 Å². The van der Waals surface area contributed by atoms with Gasteiger partial charge >= 0.3 is 0 Å². The number of nitrogens with one attached hydrogen (secondary N) is 3. The Morgan fingerprint density at radius 3 is 2.76 bits per heavy atom. The molecule has 2 amide bonds. The van der Waals surface area contributed by atoms with Gasteiger partial charge in [-0.05, 0) is 23.3 Å². The van der Waals surface area contributed by atoms with Gasteiger partial charge in [0.2, 0.25) is 11.8 Å². The highest BCUT2D eigenvalue weighted by molar-refractivity contribution is 7.99. The van der Waals surface area contributed by atoms with Gasteiger partial charge in [0.05, 0.1) is 12.2 Å². The van der Waals surface area contributed by atoms with Crippen LogP contribution in [0.1, 0.15) is 11.1 Å². The maximum Gasteiger partial charge on any atom is 0.248 e. The molecule has 128 valence electrons. The number of aromatic amines is 1. The number of carbonyl (C=O) groups excluding carboxylic acids is 2. The number of nitrogens with zero attached hydrogens (tertiary/aromatic N) is 1. The van der Waals surface area contributed by atoms with Crippen LogP contribution in [0.15, 0.2) is 55.0 Å². The molecule has 0 atom stereocenters. The number of hydrogen-bond donors (Lipinski definition) is 3. The summed E-state index contributed by atoms with van der Waals surface area (Å²) >= 11 is 1.47. The number of rotatable bonds is 6. The second-order valence-electron chi connectivity index (χ2n) is 5.49. The topological polar surface area (TPSA) is 86.9 Å². The van der Waals surface area contributed by atoms with Gasteiger partial charge in [-0.15, -0.1) is 11.8 Å². The highest BCUT2D eigenvalue weighted by Gasteiger charge is 2.09. The quantitative estimate of drug-likeness (QED) is 0.592. The molecular weight excluding hydrogens is 336 g/mol. The summed E-state index contributed by atoms with van der Waals surface area (Å²) in [5.41, 5.74) is 7.84. The van der Waals surface area contributed by atoms with Gasteiger partial charge in [0.25, 0.3) is 0 Å². The Labute approximate surface area is 149 Å². The molecule has 25 heavy (non-hydrogen) atoms. The predicted octanol–water partition coefficient (Wildman–Crippen LogP) is 2.19. The van der Waals surface area contributed by atoms with Gasteiger partial charge in [-0.25, -0.2) is 0 Å². The summed E-state index contributed by atoms with van der Waals surface area (Å²) in [7, 11) is 0. The molecule has 7 heteroatoms. The molecule has 0 bridgehead atoms. The van der Waals surface area contributed by atoms with Crippen LogP contribution in [0.2, 0.25) is 0 Å². The van der Waals surface area contributed by atoms with Crippen LogP contribution in [0.25, 0.3) is 10.9 Å². The molecule has 3 aromatic rings. The lowest BCUT2D eigenvalue weighted by atomic mass is 10.1. The van der Waals surface area contributed by atoms with Gasteiger partial charge in [0.15, 0.2) is 0 Å². The lowest BCUT2D eigenvalue weighted by molar-refractivity contribution is -0.127. The minimum Gasteiger partial charge on any atom is -0.361 e. The van der Waals surface area contributed by atoms with E-state index in [2.05, 4.69) is 20.8 Å². The van der Waals surface area contributed by atoms with Crippen molar-refractivity contribution in [1.29, 1.82) is 0 Å². The van der Waals surface area contributed by atoms with Crippen molar-refractivity contribution in [3.63, 3.8) is 0 Å². The van der Waals surface area contributed by atoms with Crippen LogP contribution in [0.3, 0.4) is 0 Å². The lowest BCUT2D eigenvalue weighted by Crippen LogP contribution is -2.43. The van der Waals surface area contributed by atoms with Gasteiger partial charge < -0.3 is 4.98 Å². The zero-order valence-electron chi connectivity index (χ0n) is 13.5. The normalized spacial score (nSPS) is 10.6. The predicted molar refractivity (Wildman–Crippen MR) is 98.7 cm³/mol. The van der Waals surface area contributed by atoms with Crippen molar-refractivity contribution in [3.05, 3.63) is 66.1 Å². The van der Waals surface area contributed by atoms with Crippen molar-refractivity contribution in [2.24, 2.45) is 0 Å². The van der Waals surface area contributed by atoms with E-state index in [-0.39, 0.29) is 24.0 Å². The Kier molecular flexibility index (Phi) is 5.69. The van der Waals surface area contributed by atoms with Crippen LogP contribution in [-0.2, 0) is 21.8 Å². The van der Waals surface area contributed by atoms with E-state index in [4.69, 9.17) is 0 Å². The fourth-order valence-corrected chi connectivity index (χ4v) is 3.18. The Morgan fingerprint density at radius 2 is 1.92 bits per heavy atom. The highest BCUT2D eigenvalue weighted by atomic mass is 32.2. The van der Waals surface area contributed by atoms with Crippen molar-refractivity contribution in [3.8, 4) is 0 Å². The summed E-state index contributed by atoms with van der Waals surface area (Å²) in [5, 5.41) is 1.01. The molecule has 1 aromatic carbocycles. The monoisotopic (exact) mass is 354 g/mol. The summed E-state index contributed by atoms with van der Waals surface area (Å²) in [6.45, 7) is 0. The fourth-order valence-electron chi connectivity index (χ4n) is 2.42. The molecule has 0 spiro atoms. The Bertz CT molecular complexity index is 864. The average Bonchev–Trinajstić information content (AvgIpc) is 3.04. The van der Waals surface area contributed by atoms with Crippen LogP contribution in [0.5, 0.6) is 0 Å². The molecular formula is C18H18N4O2S. The lowest BCUT2D eigenvalue weighted by Gasteiger charge is -2.07. The Hall–Kier alpha value is -2.80. The number of hydrogen-bond acceptors (Lipinski definition) is 4. The second-order valence-corrected chi connectivity index (χ2v) is 6.47. The van der Waals surface area contributed by atoms with E-state index in [0.29, 0.717) is 5.75 Å². The number of pyridine rings is 1. The van der Waals surface area contributed by atoms with Crippen LogP contribution < -0.4 is 10.9 Å². The number of para-hydroxylation sites is 1. The largest absolute Gasteiger partial charge is 0.361 e. The molecule has 0 radical (unpaired) electrons. The van der Waals surface area contributed by atoms with Crippen molar-refractivity contribution in [2.75, 3.05) is 5.75 Å². The van der Waals surface area contributed by atoms with E-state index in [0.717, 1.165) is 22.0 Å². The third-order valence-electron chi connectivity index (χ3n) is 3.59. The number of thioether (sulfide) groups is 1. The van der Waals surface area contributed by atoms with Gasteiger partial charge in [0.1, 0.15) is 0 Å². The molecule has 0 saturated heterocycles. The maximum atomic E-state index is 12.0. The molecule has 0 aliphatic rings. The smallest absolute Gasteiger partial charge is 0.248 e. The van der Waals surface area contributed by atoms with E-state index in [9.17, 15) is 9.59 Å². The number of carbonyl (C=O) groups is 2. The van der Waals surface area contributed by atoms with E-state index in [1.807, 2.05) is 42.6 Å². The average molecular weight is 354 g/mol. The highest BCUT2D eigenvalue weighted by Crippen LogP contribution is 2.17. The van der Waals surface area contributed by atoms with E-state index in [1.165, 1.54) is 11.8 Å². The molecule has 0 aliphatic carbocycles. The minimum absolute atomic E-state index is 0.202. The first-order valence-electron chi connectivity index (χ1n) is 7.81. The molecule has 0 saturated carbocycles. The minimum atomic E-state index is -0.254. The van der Waals surface area contributed by atoms with Crippen molar-refractivity contribution in [1.82, 2.24) is 20.8 Å². The van der Waals surface area contributed by atoms with Gasteiger partial charge in [-0.2, -0.15) is 0 Å². The molecule has 3 rings (SSSR count). The summed E-state index contributed by atoms with van der Waals surface area (Å²) in [6.07, 6.45) is 5.50. The summed E-state index contributed by atoms with van der Waals surface area (Å²) in [5.74, 6) is 0.476. The number of benzene rings is 1. The zero-order chi connectivity index (χ0) is 17.5. The first-order chi connectivity index (χ1) is 12.2. The number of fused-ring (bicyclic) bond motifs is 1. The standard InChI is InChI=1S/C18H18N4O2S/c23-17(8-14-10-20-16-6-2-1-5-15(14)16)21-22-18(24)12-25-11-13-4-3-7-19-9-13/h1-7,9-10,20H,8,11-12H2,(H,21,23)(H,22,24). The first-order valence-corrected chi connectivity index (χ1v) is 8.97. The summed E-state index contributed by atoms with van der Waals surface area (Å²) < 4.78 is 0. The van der Waals surface area contributed by atoms with Gasteiger partial charge in [-0.3, -0.25) is 25.4 Å². The molecule has 0 fully saturated rings. The Balaban J connectivity index is 1.40. The van der Waals surface area contributed by atoms with Crippen molar-refractivity contribution >= 4 is 34.5 Å². The Morgan fingerprint density at radius 1 is 1.08 bits per heavy atom. The molecule has 0 unspecified atom stereocenters. The van der Waals surface area contributed by atoms with Crippen molar-refractivity contribution < 1.29 is 9.59 Å². The molecule has 2 heterocycles. The van der Waals surface area contributed by atoms with Crippen LogP contribution in [0, 0.1) is 0 Å². The van der Waals surface area contributed by atoms with Gasteiger partial charge in [0, 0.05) is 35.2 Å². The maximum absolute atomic E-state index is 12.0. The van der Waals surface area contributed by atoms with Crippen LogP contribution in [0.4, 0.5) is 0 Å². The van der Waals surface area contributed by atoms with E-state index < -0.39 is 0 Å². The first kappa shape index (κ1) is 17.0. The second kappa shape index (κ2) is 8.34. The zero-order valence-corrected chi connectivity index (χ0v) is 14.3. The number of H-pyrrole nitrogens is 1. The number of hydrazine groups is 1. The summed E-state index contributed by atoms with van der Waals surface area (Å²) in [4.78, 5) is 30.9. The van der Waals surface area contributed by atoms with Crippen molar-refractivity contribution in [2.45, 2.75) is 12.2 Å². The SMILES string of the molecule is O=C(CSCc1cccnc1)NNC(=O)Cc1c[nH]c2ccccc12.